The van der Waals surface area contributed by atoms with Gasteiger partial charge >= 0.3 is 0 Å². The fourth-order valence-electron chi connectivity index (χ4n) is 13.7. The highest BCUT2D eigenvalue weighted by Crippen LogP contribution is 2.68. The average molecular weight is 739 g/mol. The van der Waals surface area contributed by atoms with Gasteiger partial charge in [0.1, 0.15) is 0 Å². The van der Waals surface area contributed by atoms with Crippen molar-refractivity contribution in [3.05, 3.63) is 70.3 Å². The fraction of sp³-hybridized carbons (Fsp3) is 0.765. The molecule has 0 aliphatic heterocycles. The predicted octanol–water partition coefficient (Wildman–Crippen LogP) is 14.7. The van der Waals surface area contributed by atoms with Crippen molar-refractivity contribution >= 4 is 8.07 Å². The van der Waals surface area contributed by atoms with Gasteiger partial charge in [-0.15, -0.1) is 0 Å². The molecule has 0 spiro atoms. The molecule has 53 heavy (non-hydrogen) atoms. The van der Waals surface area contributed by atoms with Crippen molar-refractivity contribution in [2.75, 3.05) is 7.11 Å². The van der Waals surface area contributed by atoms with Gasteiger partial charge in [-0.25, -0.2) is 0 Å². The summed E-state index contributed by atoms with van der Waals surface area (Å²) in [5, 5.41) is 0. The third-order valence-electron chi connectivity index (χ3n) is 16.3. The first-order valence-electron chi connectivity index (χ1n) is 22.1. The SMILES string of the molecule is COC1CCC(c2cc(C(C)(C)C)cc(C(C)(C)C)c2)C2CC(C)C([Si](C)(C)C3C(C)CC4C(c5ccc(C(C)(C)C)cc5)CC(C(C)(C)C)CC43)C12. The molecule has 4 aliphatic carbocycles. The number of rotatable bonds is 5. The lowest BCUT2D eigenvalue weighted by Crippen LogP contribution is -2.50. The Morgan fingerprint density at radius 2 is 1.08 bits per heavy atom. The largest absolute Gasteiger partial charge is 0.381 e. The molecule has 0 bridgehead atoms. The van der Waals surface area contributed by atoms with E-state index in [9.17, 15) is 0 Å². The van der Waals surface area contributed by atoms with Crippen molar-refractivity contribution in [2.45, 2.75) is 194 Å². The van der Waals surface area contributed by atoms with E-state index in [1.807, 2.05) is 7.11 Å². The van der Waals surface area contributed by atoms with Crippen LogP contribution in [0.2, 0.25) is 24.2 Å². The van der Waals surface area contributed by atoms with Crippen LogP contribution in [0.25, 0.3) is 0 Å². The first kappa shape index (κ1) is 41.3. The van der Waals surface area contributed by atoms with Crippen molar-refractivity contribution in [3.63, 3.8) is 0 Å². The zero-order valence-electron chi connectivity index (χ0n) is 37.6. The number of benzene rings is 2. The summed E-state index contributed by atoms with van der Waals surface area (Å²) in [7, 11) is 0.266. The summed E-state index contributed by atoms with van der Waals surface area (Å²) in [5.41, 5.74) is 10.3. The monoisotopic (exact) mass is 739 g/mol. The third kappa shape index (κ3) is 7.83. The van der Waals surface area contributed by atoms with Gasteiger partial charge in [-0.2, -0.15) is 0 Å². The second kappa shape index (κ2) is 14.2. The maximum atomic E-state index is 6.61. The first-order valence-corrected chi connectivity index (χ1v) is 25.3. The molecule has 1 nitrogen and oxygen atoms in total. The second-order valence-electron chi connectivity index (χ2n) is 24.2. The number of ether oxygens (including phenoxy) is 1. The van der Waals surface area contributed by atoms with Crippen LogP contribution in [0, 0.1) is 46.8 Å². The molecule has 2 heteroatoms. The third-order valence-corrected chi connectivity index (χ3v) is 21.7. The number of fused-ring (bicyclic) bond motifs is 2. The van der Waals surface area contributed by atoms with Gasteiger partial charge in [0.2, 0.25) is 0 Å². The standard InChI is InChI=1S/C51H82OSi/c1-31-24-41-40(33-18-20-35(21-19-33)48(3,4)5)29-38(51(12,13)14)30-43(41)46(31)53(16,17)47-32(2)25-42-39(22-23-44(52-15)45(42)47)34-26-36(49(6,7)8)28-37(27-34)50(9,10)11/h18-21,26-28,31-32,38-47H,22-25,29-30H2,1-17H3. The lowest BCUT2D eigenvalue weighted by Gasteiger charge is -2.52. The van der Waals surface area contributed by atoms with Gasteiger partial charge in [-0.05, 0) is 152 Å². The molecule has 0 heterocycles. The lowest BCUT2D eigenvalue weighted by molar-refractivity contribution is -0.00237. The molecule has 0 saturated heterocycles. The van der Waals surface area contributed by atoms with Crippen molar-refractivity contribution in [3.8, 4) is 0 Å². The summed E-state index contributed by atoms with van der Waals surface area (Å²) in [4.78, 5) is 0. The van der Waals surface area contributed by atoms with Crippen LogP contribution in [0.15, 0.2) is 42.5 Å². The fourth-order valence-corrected chi connectivity index (χ4v) is 20.3. The Hall–Kier alpha value is -1.38. The minimum absolute atomic E-state index is 0.145. The summed E-state index contributed by atoms with van der Waals surface area (Å²) in [5.74, 6) is 6.76. The Morgan fingerprint density at radius 1 is 0.547 bits per heavy atom. The summed E-state index contributed by atoms with van der Waals surface area (Å²) < 4.78 is 6.61. The molecule has 0 N–H and O–H groups in total. The quantitative estimate of drug-likeness (QED) is 0.278. The minimum Gasteiger partial charge on any atom is -0.381 e. The van der Waals surface area contributed by atoms with Crippen LogP contribution in [0.3, 0.4) is 0 Å². The molecule has 2 aromatic rings. The zero-order chi connectivity index (χ0) is 39.2. The number of hydrogen-bond acceptors (Lipinski definition) is 1. The average Bonchev–Trinajstić information content (AvgIpc) is 3.58. The smallest absolute Gasteiger partial charge is 0.0602 e. The Bertz CT molecular complexity index is 1540. The van der Waals surface area contributed by atoms with E-state index in [-0.39, 0.29) is 16.2 Å². The van der Waals surface area contributed by atoms with E-state index in [4.69, 9.17) is 4.74 Å². The van der Waals surface area contributed by atoms with Gasteiger partial charge in [0.25, 0.3) is 0 Å². The van der Waals surface area contributed by atoms with Crippen LogP contribution >= 0.6 is 0 Å². The molecule has 6 rings (SSSR count). The molecule has 12 unspecified atom stereocenters. The van der Waals surface area contributed by atoms with Crippen molar-refractivity contribution in [1.82, 2.24) is 0 Å². The molecule has 296 valence electrons. The maximum absolute atomic E-state index is 6.61. The topological polar surface area (TPSA) is 9.23 Å². The van der Waals surface area contributed by atoms with E-state index >= 15 is 0 Å². The van der Waals surface area contributed by atoms with Crippen molar-refractivity contribution in [2.24, 2.45) is 46.8 Å². The van der Waals surface area contributed by atoms with Crippen LogP contribution in [-0.2, 0) is 21.0 Å². The Kier molecular flexibility index (Phi) is 11.1. The van der Waals surface area contributed by atoms with Crippen LogP contribution in [0.5, 0.6) is 0 Å². The van der Waals surface area contributed by atoms with Gasteiger partial charge < -0.3 is 4.74 Å². The van der Waals surface area contributed by atoms with Crippen LogP contribution in [0.1, 0.15) is 175 Å². The van der Waals surface area contributed by atoms with Gasteiger partial charge in [0, 0.05) is 7.11 Å². The highest BCUT2D eigenvalue weighted by atomic mass is 28.3. The molecule has 0 radical (unpaired) electrons. The molecular weight excluding hydrogens is 657 g/mol. The van der Waals surface area contributed by atoms with E-state index in [1.54, 1.807) is 11.1 Å². The number of hydrogen-bond donors (Lipinski definition) is 0. The van der Waals surface area contributed by atoms with Crippen LogP contribution in [0.4, 0.5) is 0 Å². The highest BCUT2D eigenvalue weighted by Gasteiger charge is 2.62. The van der Waals surface area contributed by atoms with Crippen LogP contribution < -0.4 is 0 Å². The molecule has 2 aromatic carbocycles. The molecule has 4 saturated carbocycles. The van der Waals surface area contributed by atoms with Crippen molar-refractivity contribution in [1.29, 1.82) is 0 Å². The Morgan fingerprint density at radius 3 is 1.58 bits per heavy atom. The molecular formula is C51H82OSi. The lowest BCUT2D eigenvalue weighted by atomic mass is 9.61. The zero-order valence-corrected chi connectivity index (χ0v) is 38.6. The van der Waals surface area contributed by atoms with Gasteiger partial charge in [-0.3, -0.25) is 0 Å². The Labute approximate surface area is 329 Å². The molecule has 12 atom stereocenters. The highest BCUT2D eigenvalue weighted by molar-refractivity contribution is 6.80. The van der Waals surface area contributed by atoms with Gasteiger partial charge in [-0.1, -0.05) is 152 Å². The van der Waals surface area contributed by atoms with E-state index in [0.29, 0.717) is 29.3 Å². The molecule has 0 aromatic heterocycles. The summed E-state index contributed by atoms with van der Waals surface area (Å²) in [6.07, 6.45) is 8.50. The maximum Gasteiger partial charge on any atom is 0.0602 e. The normalized spacial score (nSPS) is 35.6. The van der Waals surface area contributed by atoms with Gasteiger partial charge in [0.05, 0.1) is 14.2 Å². The minimum atomic E-state index is -1.78. The number of methoxy groups -OCH3 is 1. The van der Waals surface area contributed by atoms with E-state index in [2.05, 4.69) is 152 Å². The second-order valence-corrected chi connectivity index (χ2v) is 29.2. The Balaban J connectivity index is 1.37. The molecule has 4 aliphatic rings. The van der Waals surface area contributed by atoms with Gasteiger partial charge in [0.15, 0.2) is 0 Å². The van der Waals surface area contributed by atoms with E-state index < -0.39 is 8.07 Å². The predicted molar refractivity (Wildman–Crippen MR) is 233 cm³/mol. The first-order chi connectivity index (χ1) is 24.3. The van der Waals surface area contributed by atoms with E-state index in [1.165, 1.54) is 55.2 Å². The molecule has 4 fully saturated rings. The summed E-state index contributed by atoms with van der Waals surface area (Å²) in [6.45, 7) is 40.3. The van der Waals surface area contributed by atoms with Crippen LogP contribution in [-0.4, -0.2) is 21.3 Å². The summed E-state index contributed by atoms with van der Waals surface area (Å²) in [6, 6.07) is 17.8. The summed E-state index contributed by atoms with van der Waals surface area (Å²) >= 11 is 0. The molecule has 0 amide bonds. The van der Waals surface area contributed by atoms with E-state index in [0.717, 1.165) is 46.6 Å². The van der Waals surface area contributed by atoms with Crippen molar-refractivity contribution < 1.29 is 4.74 Å².